The van der Waals surface area contributed by atoms with Gasteiger partial charge in [0.2, 0.25) is 0 Å². The van der Waals surface area contributed by atoms with Gasteiger partial charge in [0.25, 0.3) is 17.9 Å². The summed E-state index contributed by atoms with van der Waals surface area (Å²) in [4.78, 5) is 38.6. The van der Waals surface area contributed by atoms with Gasteiger partial charge in [0.1, 0.15) is 5.82 Å². The maximum Gasteiger partial charge on any atom is 0.290 e. The minimum Gasteiger partial charge on any atom is -0.483 e. The van der Waals surface area contributed by atoms with Gasteiger partial charge in [-0.05, 0) is 62.5 Å². The van der Waals surface area contributed by atoms with E-state index in [0.717, 1.165) is 36.8 Å². The Morgan fingerprint density at radius 2 is 1.91 bits per heavy atom. The minimum atomic E-state index is -0.664. The lowest BCUT2D eigenvalue weighted by molar-refractivity contribution is -0.122. The fraction of sp³-hybridized carbons (Fsp3) is 0.440. The van der Waals surface area contributed by atoms with E-state index in [2.05, 4.69) is 4.90 Å². The number of nitriles is 1. The quantitative estimate of drug-likeness (QED) is 0.697. The van der Waals surface area contributed by atoms with Crippen LogP contribution in [-0.2, 0) is 17.9 Å². The lowest BCUT2D eigenvalue weighted by Crippen LogP contribution is -2.49. The van der Waals surface area contributed by atoms with Gasteiger partial charge in [-0.3, -0.25) is 19.3 Å². The van der Waals surface area contributed by atoms with Crippen molar-refractivity contribution < 1.29 is 19.1 Å². The average Bonchev–Trinajstić information content (AvgIpc) is 3.34. The van der Waals surface area contributed by atoms with Crippen LogP contribution in [0, 0.1) is 23.1 Å². The summed E-state index contributed by atoms with van der Waals surface area (Å²) < 4.78 is 16.3. The predicted molar refractivity (Wildman–Crippen MR) is 122 cm³/mol. The smallest absolute Gasteiger partial charge is 0.290 e. The van der Waals surface area contributed by atoms with Crippen LogP contribution in [0.3, 0.4) is 0 Å². The highest BCUT2D eigenvalue weighted by Crippen LogP contribution is 2.36. The maximum atomic E-state index is 14.4. The van der Waals surface area contributed by atoms with Gasteiger partial charge >= 0.3 is 0 Å². The maximum absolute atomic E-state index is 14.4. The molecule has 2 aromatic rings. The highest BCUT2D eigenvalue weighted by molar-refractivity contribution is 5.94. The van der Waals surface area contributed by atoms with Gasteiger partial charge in [0.15, 0.2) is 0 Å². The van der Waals surface area contributed by atoms with E-state index in [1.54, 1.807) is 4.90 Å². The van der Waals surface area contributed by atoms with Crippen molar-refractivity contribution in [3.63, 3.8) is 0 Å². The number of piperidine rings is 1. The van der Waals surface area contributed by atoms with E-state index in [1.165, 1.54) is 25.0 Å². The Balaban J connectivity index is 0.000000868. The molecule has 0 aliphatic carbocycles. The molecule has 2 saturated heterocycles. The summed E-state index contributed by atoms with van der Waals surface area (Å²) >= 11 is 0. The van der Waals surface area contributed by atoms with Crippen molar-refractivity contribution in [2.45, 2.75) is 38.3 Å². The molecule has 1 N–H and O–H groups in total. The normalized spacial score (nSPS) is 21.1. The lowest BCUT2D eigenvalue weighted by atomic mass is 9.82. The molecule has 1 amide bonds. The molecule has 1 aromatic carbocycles. The van der Waals surface area contributed by atoms with Crippen LogP contribution < -0.4 is 5.56 Å². The van der Waals surface area contributed by atoms with Crippen molar-refractivity contribution >= 4 is 12.4 Å². The molecule has 3 aliphatic rings. The van der Waals surface area contributed by atoms with Gasteiger partial charge in [0, 0.05) is 43.4 Å². The summed E-state index contributed by atoms with van der Waals surface area (Å²) in [5, 5.41) is 15.8. The SMILES string of the molecule is N#Cc1ccc(C(=O)N2C[C@@H]3C[C@H](C2)c2ccc(CN4CCCC4)c(=O)n2C3)c(F)c1.O=CO. The molecule has 2 bridgehead atoms. The number of aromatic nitrogens is 1. The molecule has 0 unspecified atom stereocenters. The number of rotatable bonds is 3. The van der Waals surface area contributed by atoms with E-state index < -0.39 is 5.82 Å². The zero-order valence-electron chi connectivity index (χ0n) is 18.8. The van der Waals surface area contributed by atoms with E-state index in [9.17, 15) is 14.0 Å². The van der Waals surface area contributed by atoms with Crippen molar-refractivity contribution in [2.24, 2.45) is 5.92 Å². The van der Waals surface area contributed by atoms with Gasteiger partial charge in [0.05, 0.1) is 17.2 Å². The highest BCUT2D eigenvalue weighted by Gasteiger charge is 2.37. The minimum absolute atomic E-state index is 0.00248. The molecular weight excluding hydrogens is 439 g/mol. The monoisotopic (exact) mass is 466 g/mol. The number of carbonyl (C=O) groups excluding carboxylic acids is 1. The molecule has 1 aromatic heterocycles. The number of nitrogens with zero attached hydrogens (tertiary/aromatic N) is 4. The largest absolute Gasteiger partial charge is 0.483 e. The molecule has 0 spiro atoms. The van der Waals surface area contributed by atoms with Crippen molar-refractivity contribution in [2.75, 3.05) is 26.2 Å². The summed E-state index contributed by atoms with van der Waals surface area (Å²) in [6.45, 7) is 4.14. The fourth-order valence-corrected chi connectivity index (χ4v) is 5.39. The van der Waals surface area contributed by atoms with Crippen molar-refractivity contribution in [1.29, 1.82) is 5.26 Å². The second kappa shape index (κ2) is 10.2. The first-order valence-corrected chi connectivity index (χ1v) is 11.5. The third-order valence-corrected chi connectivity index (χ3v) is 6.89. The van der Waals surface area contributed by atoms with Crippen LogP contribution in [-0.4, -0.2) is 58.0 Å². The van der Waals surface area contributed by atoms with E-state index >= 15 is 0 Å². The molecule has 4 heterocycles. The molecule has 2 atom stereocenters. The number of carbonyl (C=O) groups is 2. The van der Waals surface area contributed by atoms with Crippen LogP contribution >= 0.6 is 0 Å². The van der Waals surface area contributed by atoms with Crippen LogP contribution in [0.15, 0.2) is 35.1 Å². The number of halogens is 1. The number of benzene rings is 1. The second-order valence-corrected chi connectivity index (χ2v) is 9.10. The van der Waals surface area contributed by atoms with Crippen molar-refractivity contribution in [1.82, 2.24) is 14.4 Å². The molecule has 3 aliphatic heterocycles. The molecule has 9 heteroatoms. The van der Waals surface area contributed by atoms with E-state index in [0.29, 0.717) is 26.2 Å². The number of likely N-dealkylation sites (tertiary alicyclic amines) is 2. The molecule has 0 radical (unpaired) electrons. The van der Waals surface area contributed by atoms with E-state index in [4.69, 9.17) is 15.2 Å². The number of pyridine rings is 1. The van der Waals surface area contributed by atoms with Gasteiger partial charge in [-0.25, -0.2) is 4.39 Å². The molecule has 5 rings (SSSR count). The van der Waals surface area contributed by atoms with Crippen LogP contribution in [0.2, 0.25) is 0 Å². The zero-order valence-corrected chi connectivity index (χ0v) is 18.8. The molecule has 2 fully saturated rings. The first kappa shape index (κ1) is 23.6. The third kappa shape index (κ3) is 4.73. The molecular formula is C25H27FN4O4. The summed E-state index contributed by atoms with van der Waals surface area (Å²) in [6.07, 6.45) is 3.32. The summed E-state index contributed by atoms with van der Waals surface area (Å²) in [5.74, 6) is -0.760. The van der Waals surface area contributed by atoms with Crippen molar-refractivity contribution in [3.05, 3.63) is 68.9 Å². The standard InChI is InChI=1S/C24H25FN4O2.CH2O2/c25-21-10-16(11-26)3-5-20(21)24(31)28-12-17-9-19(15-28)22-6-4-18(23(30)29(22)13-17)14-27-7-1-2-8-27;2-1-3/h3-6,10,17,19H,1-2,7-9,12-15H2;1H,(H,2,3)/t17-,19+;/m0./s1. The Labute approximate surface area is 196 Å². The van der Waals surface area contributed by atoms with Gasteiger partial charge in [-0.15, -0.1) is 0 Å². The molecule has 8 nitrogen and oxygen atoms in total. The van der Waals surface area contributed by atoms with E-state index in [-0.39, 0.29) is 40.9 Å². The molecule has 178 valence electrons. The number of hydrogen-bond acceptors (Lipinski definition) is 5. The number of carboxylic acid groups (broad SMARTS) is 1. The van der Waals surface area contributed by atoms with Gasteiger partial charge in [-0.2, -0.15) is 5.26 Å². The highest BCUT2D eigenvalue weighted by atomic mass is 19.1. The predicted octanol–water partition coefficient (Wildman–Crippen LogP) is 2.42. The van der Waals surface area contributed by atoms with Crippen LogP contribution in [0.4, 0.5) is 4.39 Å². The van der Waals surface area contributed by atoms with Crippen LogP contribution in [0.1, 0.15) is 52.4 Å². The lowest BCUT2D eigenvalue weighted by Gasteiger charge is -2.43. The zero-order chi connectivity index (χ0) is 24.2. The average molecular weight is 467 g/mol. The van der Waals surface area contributed by atoms with Gasteiger partial charge < -0.3 is 14.6 Å². The number of hydrogen-bond donors (Lipinski definition) is 1. The topological polar surface area (TPSA) is 107 Å². The van der Waals surface area contributed by atoms with Gasteiger partial charge in [-0.1, -0.05) is 6.07 Å². The Hall–Kier alpha value is -3.51. The Morgan fingerprint density at radius 1 is 1.18 bits per heavy atom. The first-order valence-electron chi connectivity index (χ1n) is 11.5. The number of amides is 1. The summed E-state index contributed by atoms with van der Waals surface area (Å²) in [5.41, 5.74) is 2.11. The second-order valence-electron chi connectivity index (χ2n) is 9.10. The Kier molecular flexibility index (Phi) is 7.08. The van der Waals surface area contributed by atoms with E-state index in [1.807, 2.05) is 22.8 Å². The van der Waals surface area contributed by atoms with Crippen LogP contribution in [0.5, 0.6) is 0 Å². The Morgan fingerprint density at radius 3 is 2.59 bits per heavy atom. The molecule has 34 heavy (non-hydrogen) atoms. The number of fused-ring (bicyclic) bond motifs is 4. The third-order valence-electron chi connectivity index (χ3n) is 6.89. The summed E-state index contributed by atoms with van der Waals surface area (Å²) in [7, 11) is 0. The summed E-state index contributed by atoms with van der Waals surface area (Å²) in [6, 6.07) is 9.86. The molecule has 0 saturated carbocycles. The van der Waals surface area contributed by atoms with Crippen molar-refractivity contribution in [3.8, 4) is 6.07 Å². The van der Waals surface area contributed by atoms with Crippen LogP contribution in [0.25, 0.3) is 0 Å². The first-order chi connectivity index (χ1) is 16.4. The Bertz CT molecular complexity index is 1180. The fourth-order valence-electron chi connectivity index (χ4n) is 5.39.